The van der Waals surface area contributed by atoms with E-state index in [9.17, 15) is 10.1 Å². The zero-order valence-corrected chi connectivity index (χ0v) is 14.0. The smallest absolute Gasteiger partial charge is 0.345 e. The number of halogens is 2. The molecule has 3 N–H and O–H groups in total. The van der Waals surface area contributed by atoms with Crippen LogP contribution in [0.5, 0.6) is 0 Å². The topological polar surface area (TPSA) is 95.6 Å². The lowest BCUT2D eigenvalue weighted by Crippen LogP contribution is -2.09. The maximum absolute atomic E-state index is 15.2. The lowest BCUT2D eigenvalue weighted by atomic mass is 9.97. The average Bonchev–Trinajstić information content (AvgIpc) is 2.91. The van der Waals surface area contributed by atoms with E-state index in [1.807, 2.05) is 0 Å². The summed E-state index contributed by atoms with van der Waals surface area (Å²) in [5, 5.41) is 10.9. The van der Waals surface area contributed by atoms with Gasteiger partial charge in [0.2, 0.25) is 0 Å². The van der Waals surface area contributed by atoms with Crippen LogP contribution >= 0.6 is 22.9 Å². The Balaban J connectivity index is 2.18. The summed E-state index contributed by atoms with van der Waals surface area (Å²) in [6.45, 7) is 0. The van der Waals surface area contributed by atoms with E-state index in [1.54, 1.807) is 18.2 Å². The number of thiophene rings is 1. The number of nitrogens with zero attached hydrogens (tertiary/aromatic N) is 2. The number of aromatic amines is 1. The third-order valence-electron chi connectivity index (χ3n) is 3.93. The van der Waals surface area contributed by atoms with Gasteiger partial charge in [0.25, 0.3) is 0 Å². The van der Waals surface area contributed by atoms with Gasteiger partial charge >= 0.3 is 5.69 Å². The second kappa shape index (κ2) is 5.55. The number of benzene rings is 2. The SMILES string of the molecule is N#Cc1c(N)sc2cccc(-c3c(Cl)cc4cnc(=O)[nH]c4c3F)c12. The van der Waals surface area contributed by atoms with Gasteiger partial charge in [-0.15, -0.1) is 11.3 Å². The van der Waals surface area contributed by atoms with Gasteiger partial charge in [0.15, 0.2) is 5.82 Å². The van der Waals surface area contributed by atoms with Crippen LogP contribution in [-0.4, -0.2) is 9.97 Å². The van der Waals surface area contributed by atoms with Crippen LogP contribution in [0.4, 0.5) is 9.39 Å². The summed E-state index contributed by atoms with van der Waals surface area (Å²) in [5.41, 5.74) is 6.11. The first-order valence-electron chi connectivity index (χ1n) is 7.09. The van der Waals surface area contributed by atoms with Gasteiger partial charge in [0.05, 0.1) is 16.1 Å². The van der Waals surface area contributed by atoms with Crippen LogP contribution < -0.4 is 11.4 Å². The Morgan fingerprint density at radius 3 is 2.96 bits per heavy atom. The third-order valence-corrected chi connectivity index (χ3v) is 5.21. The molecule has 5 nitrogen and oxygen atoms in total. The highest BCUT2D eigenvalue weighted by Crippen LogP contribution is 2.43. The molecule has 0 amide bonds. The first-order valence-corrected chi connectivity index (χ1v) is 8.29. The van der Waals surface area contributed by atoms with Crippen molar-refractivity contribution in [3.63, 3.8) is 0 Å². The molecule has 4 aromatic rings. The van der Waals surface area contributed by atoms with Gasteiger partial charge < -0.3 is 10.7 Å². The summed E-state index contributed by atoms with van der Waals surface area (Å²) in [4.78, 5) is 17.4. The van der Waals surface area contributed by atoms with E-state index in [0.717, 1.165) is 4.70 Å². The highest BCUT2D eigenvalue weighted by atomic mass is 35.5. The van der Waals surface area contributed by atoms with Crippen molar-refractivity contribution in [1.29, 1.82) is 5.26 Å². The normalized spacial score (nSPS) is 11.1. The van der Waals surface area contributed by atoms with E-state index in [1.165, 1.54) is 23.6 Å². The van der Waals surface area contributed by atoms with E-state index in [0.29, 0.717) is 21.3 Å². The van der Waals surface area contributed by atoms with Crippen LogP contribution in [0.25, 0.3) is 32.1 Å². The molecule has 25 heavy (non-hydrogen) atoms. The van der Waals surface area contributed by atoms with Crippen molar-refractivity contribution in [3.05, 3.63) is 57.3 Å². The monoisotopic (exact) mass is 370 g/mol. The number of fused-ring (bicyclic) bond motifs is 2. The third kappa shape index (κ3) is 2.27. The van der Waals surface area contributed by atoms with Crippen LogP contribution in [-0.2, 0) is 0 Å². The number of anilines is 1. The molecule has 0 saturated heterocycles. The Bertz CT molecular complexity index is 1270. The second-order valence-corrected chi connectivity index (χ2v) is 6.82. The minimum atomic E-state index is -0.678. The fourth-order valence-corrected chi connectivity index (χ4v) is 4.12. The van der Waals surface area contributed by atoms with Crippen molar-refractivity contribution in [3.8, 4) is 17.2 Å². The molecule has 2 heterocycles. The molecule has 0 spiro atoms. The molecule has 0 aliphatic carbocycles. The predicted octanol–water partition coefficient (Wildman–Crippen LogP) is 4.05. The molecule has 4 rings (SSSR count). The molecular formula is C17H8ClFN4OS. The molecular weight excluding hydrogens is 363 g/mol. The Morgan fingerprint density at radius 2 is 2.20 bits per heavy atom. The number of rotatable bonds is 1. The lowest BCUT2D eigenvalue weighted by molar-refractivity contribution is 0.639. The van der Waals surface area contributed by atoms with Crippen LogP contribution in [0.15, 0.2) is 35.3 Å². The second-order valence-electron chi connectivity index (χ2n) is 5.33. The van der Waals surface area contributed by atoms with Crippen LogP contribution in [0.1, 0.15) is 5.56 Å². The quantitative estimate of drug-likeness (QED) is 0.528. The Kier molecular flexibility index (Phi) is 3.46. The molecule has 0 saturated carbocycles. The fourth-order valence-electron chi connectivity index (χ4n) is 2.87. The summed E-state index contributed by atoms with van der Waals surface area (Å²) in [5.74, 6) is -0.678. The molecule has 8 heteroatoms. The highest BCUT2D eigenvalue weighted by molar-refractivity contribution is 7.23. The lowest BCUT2D eigenvalue weighted by Gasteiger charge is -2.11. The average molecular weight is 371 g/mol. The van der Waals surface area contributed by atoms with Crippen molar-refractivity contribution in [2.45, 2.75) is 0 Å². The number of hydrogen-bond acceptors (Lipinski definition) is 5. The zero-order chi connectivity index (χ0) is 17.7. The summed E-state index contributed by atoms with van der Waals surface area (Å²) < 4.78 is 15.9. The van der Waals surface area contributed by atoms with Gasteiger partial charge in [-0.1, -0.05) is 23.7 Å². The van der Waals surface area contributed by atoms with Crippen molar-refractivity contribution in [1.82, 2.24) is 9.97 Å². The first-order chi connectivity index (χ1) is 12.0. The molecule has 0 aliphatic rings. The van der Waals surface area contributed by atoms with Crippen molar-refractivity contribution < 1.29 is 4.39 Å². The van der Waals surface area contributed by atoms with Crippen LogP contribution in [0, 0.1) is 17.1 Å². The summed E-state index contributed by atoms with van der Waals surface area (Å²) in [6, 6.07) is 8.81. The maximum atomic E-state index is 15.2. The molecule has 0 radical (unpaired) electrons. The van der Waals surface area contributed by atoms with Gasteiger partial charge in [-0.25, -0.2) is 14.2 Å². The molecule has 2 aromatic heterocycles. The number of nitrogens with two attached hydrogens (primary N) is 1. The van der Waals surface area contributed by atoms with E-state index in [2.05, 4.69) is 16.0 Å². The van der Waals surface area contributed by atoms with E-state index >= 15 is 4.39 Å². The first kappa shape index (κ1) is 15.6. The van der Waals surface area contributed by atoms with Crippen molar-refractivity contribution >= 4 is 48.9 Å². The zero-order valence-electron chi connectivity index (χ0n) is 12.4. The minimum Gasteiger partial charge on any atom is -0.389 e. The minimum absolute atomic E-state index is 0.0121. The number of nitrogens with one attached hydrogen (secondary N) is 1. The molecule has 0 atom stereocenters. The van der Waals surface area contributed by atoms with Crippen LogP contribution in [0.3, 0.4) is 0 Å². The van der Waals surface area contributed by atoms with Gasteiger partial charge in [-0.3, -0.25) is 0 Å². The van der Waals surface area contributed by atoms with Gasteiger partial charge in [-0.05, 0) is 17.7 Å². The molecule has 122 valence electrons. The largest absolute Gasteiger partial charge is 0.389 e. The van der Waals surface area contributed by atoms with Gasteiger partial charge in [0.1, 0.15) is 11.1 Å². The summed E-state index contributed by atoms with van der Waals surface area (Å²) in [6.07, 6.45) is 1.26. The molecule has 0 bridgehead atoms. The summed E-state index contributed by atoms with van der Waals surface area (Å²) >= 11 is 7.57. The molecule has 2 aromatic carbocycles. The predicted molar refractivity (Wildman–Crippen MR) is 97.3 cm³/mol. The molecule has 0 aliphatic heterocycles. The number of nitriles is 1. The fraction of sp³-hybridized carbons (Fsp3) is 0. The Morgan fingerprint density at radius 1 is 1.40 bits per heavy atom. The van der Waals surface area contributed by atoms with E-state index in [4.69, 9.17) is 17.3 Å². The van der Waals surface area contributed by atoms with Crippen molar-refractivity contribution in [2.75, 3.05) is 5.73 Å². The number of hydrogen-bond donors (Lipinski definition) is 2. The standard InChI is InChI=1S/C17H8ClFN4OS/c18-10-4-7-6-22-17(24)23-15(7)14(19)13(10)8-2-1-3-11-12(8)9(5-20)16(21)25-11/h1-4,6H,21H2,(H,22,23,24). The molecule has 0 fully saturated rings. The van der Waals surface area contributed by atoms with E-state index in [-0.39, 0.29) is 21.7 Å². The Labute approximate surface area is 149 Å². The maximum Gasteiger partial charge on any atom is 0.345 e. The molecule has 0 unspecified atom stereocenters. The van der Waals surface area contributed by atoms with Crippen LogP contribution in [0.2, 0.25) is 5.02 Å². The summed E-state index contributed by atoms with van der Waals surface area (Å²) in [7, 11) is 0. The number of H-pyrrole nitrogens is 1. The number of aromatic nitrogens is 2. The Hall–Kier alpha value is -2.95. The van der Waals surface area contributed by atoms with Gasteiger partial charge in [0, 0.05) is 27.2 Å². The van der Waals surface area contributed by atoms with E-state index < -0.39 is 11.5 Å². The highest BCUT2D eigenvalue weighted by Gasteiger charge is 2.21. The van der Waals surface area contributed by atoms with Crippen molar-refractivity contribution in [2.24, 2.45) is 0 Å². The van der Waals surface area contributed by atoms with Gasteiger partial charge in [-0.2, -0.15) is 5.26 Å². The number of nitrogen functional groups attached to an aromatic ring is 1.